The van der Waals surface area contributed by atoms with Gasteiger partial charge >= 0.3 is 0 Å². The van der Waals surface area contributed by atoms with Crippen LogP contribution in [0.25, 0.3) is 28.0 Å². The molecule has 9 heteroatoms. The molecule has 8 nitrogen and oxygen atoms in total. The highest BCUT2D eigenvalue weighted by molar-refractivity contribution is 5.94. The number of anilines is 1. The summed E-state index contributed by atoms with van der Waals surface area (Å²) in [6.45, 7) is 1.88. The summed E-state index contributed by atoms with van der Waals surface area (Å²) in [5, 5.41) is 6.31. The predicted octanol–water partition coefficient (Wildman–Crippen LogP) is 3.98. The number of fused-ring (bicyclic) bond motifs is 1. The Balaban J connectivity index is 1.56. The van der Waals surface area contributed by atoms with Gasteiger partial charge in [-0.15, -0.1) is 0 Å². The lowest BCUT2D eigenvalue weighted by molar-refractivity contribution is -0.117. The fourth-order valence-corrected chi connectivity index (χ4v) is 4.13. The summed E-state index contributed by atoms with van der Waals surface area (Å²) in [7, 11) is 1.67. The number of aromatic nitrogens is 4. The molecular formula is C28H25FN6O2. The molecule has 3 heterocycles. The second-order valence-corrected chi connectivity index (χ2v) is 8.69. The molecule has 5 aromatic rings. The highest BCUT2D eigenvalue weighted by Gasteiger charge is 2.17. The van der Waals surface area contributed by atoms with Gasteiger partial charge in [-0.1, -0.05) is 30.3 Å². The third kappa shape index (κ3) is 4.89. The zero-order valence-electron chi connectivity index (χ0n) is 20.4. The summed E-state index contributed by atoms with van der Waals surface area (Å²) in [4.78, 5) is 34.9. The van der Waals surface area contributed by atoms with Crippen molar-refractivity contribution in [3.63, 3.8) is 0 Å². The number of likely N-dealkylation sites (N-methyl/N-ethyl adjacent to an activating group) is 1. The standard InChI is InChI=1S/C28H25FN6O2/c1-18(30-2)27(36)33-24-16-32-26(20-6-4-3-5-7-20)35(28(24)37)17-19-12-23(15-31-14-19)34-11-10-21-13-22(29)8-9-25(21)34/h3-16,18,30H,17H2,1-2H3,(H,33,36)/t18-/m0/s1. The molecule has 37 heavy (non-hydrogen) atoms. The molecule has 0 saturated carbocycles. The van der Waals surface area contributed by atoms with E-state index in [0.717, 1.165) is 27.7 Å². The Kier molecular flexibility index (Phi) is 6.61. The minimum absolute atomic E-state index is 0.0920. The Morgan fingerprint density at radius 2 is 1.86 bits per heavy atom. The molecular weight excluding hydrogens is 471 g/mol. The molecule has 0 saturated heterocycles. The van der Waals surface area contributed by atoms with Crippen LogP contribution in [-0.4, -0.2) is 38.1 Å². The number of halogens is 1. The minimum atomic E-state index is -0.479. The van der Waals surface area contributed by atoms with Gasteiger partial charge in [-0.3, -0.25) is 19.1 Å². The summed E-state index contributed by atoms with van der Waals surface area (Å²) in [5.74, 6) is -0.161. The van der Waals surface area contributed by atoms with Crippen LogP contribution in [0.1, 0.15) is 12.5 Å². The highest BCUT2D eigenvalue weighted by Crippen LogP contribution is 2.23. The first-order chi connectivity index (χ1) is 17.9. The quantitative estimate of drug-likeness (QED) is 0.356. The maximum atomic E-state index is 13.7. The van der Waals surface area contributed by atoms with Crippen LogP contribution in [-0.2, 0) is 11.3 Å². The molecule has 0 radical (unpaired) electrons. The molecule has 0 aliphatic rings. The third-order valence-corrected chi connectivity index (χ3v) is 6.21. The van der Waals surface area contributed by atoms with E-state index in [1.54, 1.807) is 32.4 Å². The van der Waals surface area contributed by atoms with Gasteiger partial charge in [-0.2, -0.15) is 0 Å². The van der Waals surface area contributed by atoms with Crippen molar-refractivity contribution in [2.75, 3.05) is 12.4 Å². The monoisotopic (exact) mass is 496 g/mol. The molecule has 1 atom stereocenters. The van der Waals surface area contributed by atoms with Crippen molar-refractivity contribution >= 4 is 22.5 Å². The highest BCUT2D eigenvalue weighted by atomic mass is 19.1. The van der Waals surface area contributed by atoms with Gasteiger partial charge < -0.3 is 15.2 Å². The fraction of sp³-hybridized carbons (Fsp3) is 0.143. The first-order valence-corrected chi connectivity index (χ1v) is 11.8. The second-order valence-electron chi connectivity index (χ2n) is 8.69. The van der Waals surface area contributed by atoms with E-state index in [9.17, 15) is 14.0 Å². The van der Waals surface area contributed by atoms with Gasteiger partial charge in [0.15, 0.2) is 0 Å². The van der Waals surface area contributed by atoms with Crippen LogP contribution in [0.15, 0.2) is 90.2 Å². The predicted molar refractivity (Wildman–Crippen MR) is 141 cm³/mol. The second kappa shape index (κ2) is 10.2. The van der Waals surface area contributed by atoms with Crippen molar-refractivity contribution < 1.29 is 9.18 Å². The molecule has 5 rings (SSSR count). The van der Waals surface area contributed by atoms with Crippen LogP contribution < -0.4 is 16.2 Å². The van der Waals surface area contributed by atoms with Gasteiger partial charge in [-0.05, 0) is 49.9 Å². The average Bonchev–Trinajstić information content (AvgIpc) is 3.34. The van der Waals surface area contributed by atoms with Crippen molar-refractivity contribution in [2.45, 2.75) is 19.5 Å². The maximum absolute atomic E-state index is 13.7. The topological polar surface area (TPSA) is 93.8 Å². The maximum Gasteiger partial charge on any atom is 0.277 e. The lowest BCUT2D eigenvalue weighted by atomic mass is 10.2. The molecule has 0 fully saturated rings. The SMILES string of the molecule is CN[C@@H](C)C(=O)Nc1cnc(-c2ccccc2)n(Cc2cncc(-n3ccc4cc(F)ccc43)c2)c1=O. The van der Waals surface area contributed by atoms with E-state index in [2.05, 4.69) is 20.6 Å². The Morgan fingerprint density at radius 3 is 2.65 bits per heavy atom. The van der Waals surface area contributed by atoms with Crippen LogP contribution in [0, 0.1) is 5.82 Å². The summed E-state index contributed by atoms with van der Waals surface area (Å²) in [6.07, 6.45) is 6.64. The zero-order valence-corrected chi connectivity index (χ0v) is 20.4. The van der Waals surface area contributed by atoms with Crippen LogP contribution in [0.4, 0.5) is 10.1 Å². The number of amides is 1. The Hall–Kier alpha value is -4.63. The van der Waals surface area contributed by atoms with Crippen molar-refractivity contribution in [2.24, 2.45) is 0 Å². The van der Waals surface area contributed by atoms with E-state index in [4.69, 9.17) is 0 Å². The smallest absolute Gasteiger partial charge is 0.277 e. The first-order valence-electron chi connectivity index (χ1n) is 11.8. The molecule has 3 aromatic heterocycles. The van der Waals surface area contributed by atoms with Gasteiger partial charge in [0.1, 0.15) is 17.3 Å². The number of rotatable bonds is 7. The molecule has 0 unspecified atom stereocenters. The van der Waals surface area contributed by atoms with E-state index in [1.165, 1.54) is 22.9 Å². The largest absolute Gasteiger partial charge is 0.319 e. The molecule has 0 aliphatic heterocycles. The zero-order chi connectivity index (χ0) is 25.9. The number of nitrogens with one attached hydrogen (secondary N) is 2. The summed E-state index contributed by atoms with van der Waals surface area (Å²) < 4.78 is 17.1. The molecule has 0 bridgehead atoms. The van der Waals surface area contributed by atoms with Gasteiger partial charge in [0.05, 0.1) is 36.2 Å². The number of hydrogen-bond donors (Lipinski definition) is 2. The lowest BCUT2D eigenvalue weighted by Crippen LogP contribution is -2.38. The third-order valence-electron chi connectivity index (χ3n) is 6.21. The van der Waals surface area contributed by atoms with Gasteiger partial charge in [0, 0.05) is 23.3 Å². The van der Waals surface area contributed by atoms with Gasteiger partial charge in [0.25, 0.3) is 5.56 Å². The van der Waals surface area contributed by atoms with Crippen LogP contribution >= 0.6 is 0 Å². The molecule has 2 N–H and O–H groups in total. The van der Waals surface area contributed by atoms with E-state index in [1.807, 2.05) is 53.2 Å². The number of hydrogen-bond acceptors (Lipinski definition) is 5. The summed E-state index contributed by atoms with van der Waals surface area (Å²) in [5.41, 5.74) is 2.85. The Bertz CT molecular complexity index is 1640. The lowest BCUT2D eigenvalue weighted by Gasteiger charge is -2.16. The Morgan fingerprint density at radius 1 is 1.05 bits per heavy atom. The molecule has 1 amide bonds. The molecule has 2 aromatic carbocycles. The number of carbonyl (C=O) groups excluding carboxylic acids is 1. The average molecular weight is 497 g/mol. The van der Waals surface area contributed by atoms with E-state index in [0.29, 0.717) is 5.82 Å². The number of benzene rings is 2. The summed E-state index contributed by atoms with van der Waals surface area (Å²) in [6, 6.07) is 17.3. The number of pyridine rings is 1. The van der Waals surface area contributed by atoms with Crippen LogP contribution in [0.5, 0.6) is 0 Å². The van der Waals surface area contributed by atoms with E-state index in [-0.39, 0.29) is 29.5 Å². The van der Waals surface area contributed by atoms with Crippen molar-refractivity contribution in [3.05, 3.63) is 107 Å². The summed E-state index contributed by atoms with van der Waals surface area (Å²) >= 11 is 0. The first kappa shape index (κ1) is 24.1. The van der Waals surface area contributed by atoms with Gasteiger partial charge in [-0.25, -0.2) is 9.37 Å². The molecule has 0 spiro atoms. The number of nitrogens with zero attached hydrogens (tertiary/aromatic N) is 4. The molecule has 186 valence electrons. The van der Waals surface area contributed by atoms with Crippen molar-refractivity contribution in [3.8, 4) is 17.1 Å². The number of carbonyl (C=O) groups is 1. The van der Waals surface area contributed by atoms with E-state index >= 15 is 0 Å². The van der Waals surface area contributed by atoms with Crippen molar-refractivity contribution in [1.82, 2.24) is 24.4 Å². The van der Waals surface area contributed by atoms with E-state index < -0.39 is 6.04 Å². The van der Waals surface area contributed by atoms with Crippen molar-refractivity contribution in [1.29, 1.82) is 0 Å². The minimum Gasteiger partial charge on any atom is -0.319 e. The molecule has 0 aliphatic carbocycles. The Labute approximate surface area is 212 Å². The van der Waals surface area contributed by atoms with Crippen LogP contribution in [0.2, 0.25) is 0 Å². The normalized spacial score (nSPS) is 12.0. The van der Waals surface area contributed by atoms with Crippen LogP contribution in [0.3, 0.4) is 0 Å². The van der Waals surface area contributed by atoms with Gasteiger partial charge in [0.2, 0.25) is 5.91 Å². The fourth-order valence-electron chi connectivity index (χ4n) is 4.13.